The smallest absolute Gasteiger partial charge is 0.333 e. The molecular weight excluding hydrogens is 472 g/mol. The highest BCUT2D eigenvalue weighted by atomic mass is 16.5. The molecule has 0 aliphatic rings. The molecule has 0 heterocycles. The molecule has 0 aromatic heterocycles. The van der Waals surface area contributed by atoms with E-state index in [-0.39, 0.29) is 25.2 Å². The van der Waals surface area contributed by atoms with Gasteiger partial charge in [0.2, 0.25) is 0 Å². The number of hydrogen-bond donors (Lipinski definition) is 1. The molecule has 0 unspecified atom stereocenters. The summed E-state index contributed by atoms with van der Waals surface area (Å²) in [6, 6.07) is 18.6. The third-order valence-electron chi connectivity index (χ3n) is 4.95. The summed E-state index contributed by atoms with van der Waals surface area (Å²) in [7, 11) is 2.71. The number of ether oxygens (including phenoxy) is 3. The van der Waals surface area contributed by atoms with E-state index < -0.39 is 5.97 Å². The first kappa shape index (κ1) is 30.8. The van der Waals surface area contributed by atoms with E-state index in [1.165, 1.54) is 25.0 Å². The van der Waals surface area contributed by atoms with Crippen molar-refractivity contribution in [1.82, 2.24) is 0 Å². The molecule has 7 nitrogen and oxygen atoms in total. The summed E-state index contributed by atoms with van der Waals surface area (Å²) < 4.78 is 13.5. The summed E-state index contributed by atoms with van der Waals surface area (Å²) in [4.78, 5) is 32.3. The van der Waals surface area contributed by atoms with Gasteiger partial charge in [0.25, 0.3) is 0 Å². The Labute approximate surface area is 217 Å². The van der Waals surface area contributed by atoms with Crippen LogP contribution in [0.15, 0.2) is 91.1 Å². The molecule has 0 saturated heterocycles. The Morgan fingerprint density at radius 2 is 1.22 bits per heavy atom. The lowest BCUT2D eigenvalue weighted by Gasteiger charge is -2.12. The largest absolute Gasteiger partial charge is 0.466 e. The molecule has 0 spiro atoms. The molecule has 0 bridgehead atoms. The van der Waals surface area contributed by atoms with Crippen molar-refractivity contribution in [2.24, 2.45) is 0 Å². The molecule has 3 rings (SSSR count). The maximum absolute atomic E-state index is 11.7. The first-order valence-corrected chi connectivity index (χ1v) is 11.4. The number of aliphatic hydroxyl groups is 1. The van der Waals surface area contributed by atoms with Crippen molar-refractivity contribution in [3.05, 3.63) is 96.6 Å². The molecule has 7 heteroatoms. The van der Waals surface area contributed by atoms with Crippen molar-refractivity contribution in [3.63, 3.8) is 0 Å². The number of fused-ring (bicyclic) bond motifs is 2. The van der Waals surface area contributed by atoms with Crippen LogP contribution < -0.4 is 0 Å². The SMILES string of the molecule is C=C(C)C(=O)OC.C=C(C)C(=O)OCCO.C=C(Cc1c2ccccc2cc2ccccc12)C(=O)OC. The van der Waals surface area contributed by atoms with Gasteiger partial charge in [0.05, 0.1) is 20.8 Å². The Balaban J connectivity index is 0.000000356. The van der Waals surface area contributed by atoms with Crippen LogP contribution in [0.5, 0.6) is 0 Å². The zero-order valence-electron chi connectivity index (χ0n) is 21.8. The summed E-state index contributed by atoms with van der Waals surface area (Å²) >= 11 is 0. The highest BCUT2D eigenvalue weighted by Gasteiger charge is 2.13. The highest BCUT2D eigenvalue weighted by molar-refractivity contribution is 6.03. The minimum absolute atomic E-state index is 0.0473. The van der Waals surface area contributed by atoms with Crippen molar-refractivity contribution in [3.8, 4) is 0 Å². The lowest BCUT2D eigenvalue weighted by molar-refractivity contribution is -0.140. The summed E-state index contributed by atoms with van der Waals surface area (Å²) in [6.45, 7) is 13.6. The predicted octanol–water partition coefficient (Wildman–Crippen LogP) is 5.10. The van der Waals surface area contributed by atoms with Gasteiger partial charge >= 0.3 is 17.9 Å². The Hall–Kier alpha value is -4.23. The summed E-state index contributed by atoms with van der Waals surface area (Å²) in [5.74, 6) is -1.16. The number of hydrogen-bond acceptors (Lipinski definition) is 7. The van der Waals surface area contributed by atoms with Crippen molar-refractivity contribution in [1.29, 1.82) is 0 Å². The van der Waals surface area contributed by atoms with Crippen LogP contribution in [0.25, 0.3) is 21.5 Å². The Morgan fingerprint density at radius 3 is 1.59 bits per heavy atom. The van der Waals surface area contributed by atoms with Gasteiger partial charge in [0.1, 0.15) is 6.61 Å². The second-order valence-electron chi connectivity index (χ2n) is 7.98. The molecule has 3 aromatic carbocycles. The van der Waals surface area contributed by atoms with E-state index in [2.05, 4.69) is 59.5 Å². The van der Waals surface area contributed by atoms with E-state index in [4.69, 9.17) is 9.84 Å². The standard InChI is InChI=1S/C19H16O2.C6H10O3.C5H8O2/c1-13(19(20)21-2)11-18-16-9-5-3-7-14(16)12-15-8-4-6-10-17(15)18;1-5(2)6(8)9-4-3-7;1-4(2)5(6)7-3/h3-10,12H,1,11H2,2H3;7H,1,3-4H2,2H3;1H2,2-3H3. The molecule has 0 amide bonds. The Bertz CT molecular complexity index is 1230. The van der Waals surface area contributed by atoms with Crippen molar-refractivity contribution >= 4 is 39.5 Å². The zero-order valence-corrected chi connectivity index (χ0v) is 21.8. The quantitative estimate of drug-likeness (QED) is 0.206. The van der Waals surface area contributed by atoms with Gasteiger partial charge in [-0.15, -0.1) is 0 Å². The van der Waals surface area contributed by atoms with Crippen LogP contribution in [0, 0.1) is 0 Å². The van der Waals surface area contributed by atoms with Gasteiger partial charge in [-0.05, 0) is 47.0 Å². The third kappa shape index (κ3) is 9.74. The monoisotopic (exact) mass is 506 g/mol. The number of benzene rings is 3. The normalized spacial score (nSPS) is 9.65. The number of rotatable bonds is 7. The van der Waals surface area contributed by atoms with Crippen LogP contribution in [0.3, 0.4) is 0 Å². The molecule has 196 valence electrons. The summed E-state index contributed by atoms with van der Waals surface area (Å²) in [5, 5.41) is 12.8. The van der Waals surface area contributed by atoms with Crippen LogP contribution in [0.1, 0.15) is 19.4 Å². The second-order valence-corrected chi connectivity index (χ2v) is 7.98. The number of carbonyl (C=O) groups is 3. The van der Waals surface area contributed by atoms with E-state index in [0.29, 0.717) is 23.1 Å². The summed E-state index contributed by atoms with van der Waals surface area (Å²) in [5.41, 5.74) is 2.38. The first-order valence-electron chi connectivity index (χ1n) is 11.4. The van der Waals surface area contributed by atoms with Gasteiger partial charge in [0, 0.05) is 23.1 Å². The predicted molar refractivity (Wildman–Crippen MR) is 146 cm³/mol. The fraction of sp³-hybridized carbons (Fsp3) is 0.233. The van der Waals surface area contributed by atoms with Gasteiger partial charge in [-0.3, -0.25) is 0 Å². The van der Waals surface area contributed by atoms with Crippen LogP contribution in [-0.4, -0.2) is 50.4 Å². The Morgan fingerprint density at radius 1 is 0.757 bits per heavy atom. The number of aliphatic hydroxyl groups excluding tert-OH is 1. The number of carbonyl (C=O) groups excluding carboxylic acids is 3. The van der Waals surface area contributed by atoms with Gasteiger partial charge in [0.15, 0.2) is 0 Å². The molecule has 3 aromatic rings. The maximum Gasteiger partial charge on any atom is 0.333 e. The van der Waals surface area contributed by atoms with Crippen LogP contribution in [0.2, 0.25) is 0 Å². The Kier molecular flexibility index (Phi) is 13.1. The van der Waals surface area contributed by atoms with E-state index >= 15 is 0 Å². The molecule has 37 heavy (non-hydrogen) atoms. The molecule has 0 aliphatic carbocycles. The molecule has 0 fully saturated rings. The van der Waals surface area contributed by atoms with Gasteiger partial charge in [-0.25, -0.2) is 14.4 Å². The van der Waals surface area contributed by atoms with Gasteiger partial charge in [-0.1, -0.05) is 68.3 Å². The van der Waals surface area contributed by atoms with E-state index in [1.54, 1.807) is 13.8 Å². The molecule has 0 aliphatic heterocycles. The third-order valence-corrected chi connectivity index (χ3v) is 4.95. The second kappa shape index (κ2) is 15.7. The van der Waals surface area contributed by atoms with Gasteiger partial charge in [-0.2, -0.15) is 0 Å². The average Bonchev–Trinajstić information content (AvgIpc) is 2.90. The first-order chi connectivity index (χ1) is 17.6. The average molecular weight is 507 g/mol. The highest BCUT2D eigenvalue weighted by Crippen LogP contribution is 2.30. The fourth-order valence-corrected chi connectivity index (χ4v) is 3.16. The molecule has 0 radical (unpaired) electrons. The van der Waals surface area contributed by atoms with Gasteiger partial charge < -0.3 is 19.3 Å². The van der Waals surface area contributed by atoms with Crippen LogP contribution in [0.4, 0.5) is 0 Å². The van der Waals surface area contributed by atoms with Crippen molar-refractivity contribution in [2.75, 3.05) is 27.4 Å². The topological polar surface area (TPSA) is 99.1 Å². The lowest BCUT2D eigenvalue weighted by Crippen LogP contribution is -2.08. The molecule has 0 atom stereocenters. The number of esters is 3. The lowest BCUT2D eigenvalue weighted by atomic mass is 9.93. The van der Waals surface area contributed by atoms with E-state index in [9.17, 15) is 14.4 Å². The molecule has 0 saturated carbocycles. The molecule has 1 N–H and O–H groups in total. The van der Waals surface area contributed by atoms with Crippen LogP contribution >= 0.6 is 0 Å². The van der Waals surface area contributed by atoms with E-state index in [1.807, 2.05) is 24.3 Å². The minimum Gasteiger partial charge on any atom is -0.466 e. The molecular formula is C30H34O7. The van der Waals surface area contributed by atoms with E-state index in [0.717, 1.165) is 16.3 Å². The number of methoxy groups -OCH3 is 2. The van der Waals surface area contributed by atoms with Crippen LogP contribution in [-0.2, 0) is 35.0 Å². The summed E-state index contributed by atoms with van der Waals surface area (Å²) in [6.07, 6.45) is 0.495. The van der Waals surface area contributed by atoms with Crippen molar-refractivity contribution in [2.45, 2.75) is 20.3 Å². The minimum atomic E-state index is -0.455. The zero-order chi connectivity index (χ0) is 28.0. The maximum atomic E-state index is 11.7. The fourth-order valence-electron chi connectivity index (χ4n) is 3.16. The van der Waals surface area contributed by atoms with Crippen molar-refractivity contribution < 1.29 is 33.7 Å².